The van der Waals surface area contributed by atoms with Crippen LogP contribution in [0, 0.1) is 0 Å². The Morgan fingerprint density at radius 3 is 2.72 bits per heavy atom. The minimum absolute atomic E-state index is 0.159. The van der Waals surface area contributed by atoms with Crippen LogP contribution in [0.25, 0.3) is 10.8 Å². The van der Waals surface area contributed by atoms with Crippen LogP contribution in [0.3, 0.4) is 0 Å². The second kappa shape index (κ2) is 9.18. The van der Waals surface area contributed by atoms with Crippen molar-refractivity contribution >= 4 is 22.5 Å². The number of benzene rings is 1. The van der Waals surface area contributed by atoms with E-state index in [0.29, 0.717) is 12.1 Å². The summed E-state index contributed by atoms with van der Waals surface area (Å²) in [4.78, 5) is 40.9. The summed E-state index contributed by atoms with van der Waals surface area (Å²) < 4.78 is 13.6. The zero-order valence-electron chi connectivity index (χ0n) is 16.0. The maximum atomic E-state index is 13.0. The molecule has 150 valence electrons. The maximum Gasteiger partial charge on any atom is 0.271 e. The SMILES string of the molecule is CCC(C(=O)NCC(=O)CF)c1ccnn(Cc2nccc3ccccc23)c1=O. The van der Waals surface area contributed by atoms with Crippen LogP contribution in [0.1, 0.15) is 30.5 Å². The number of Topliss-reactive ketones (excluding diaryl/α,β-unsaturated/α-hetero) is 1. The van der Waals surface area contributed by atoms with E-state index < -0.39 is 36.4 Å². The highest BCUT2D eigenvalue weighted by atomic mass is 19.1. The van der Waals surface area contributed by atoms with Crippen molar-refractivity contribution in [1.82, 2.24) is 20.1 Å². The molecule has 1 aromatic carbocycles. The maximum absolute atomic E-state index is 13.0. The average molecular weight is 396 g/mol. The van der Waals surface area contributed by atoms with E-state index in [1.165, 1.54) is 16.9 Å². The number of carbonyl (C=O) groups is 2. The fourth-order valence-electron chi connectivity index (χ4n) is 3.20. The number of ketones is 1. The molecule has 0 bridgehead atoms. The van der Waals surface area contributed by atoms with E-state index in [-0.39, 0.29) is 12.1 Å². The first-order valence-electron chi connectivity index (χ1n) is 9.29. The molecule has 8 heteroatoms. The van der Waals surface area contributed by atoms with Crippen LogP contribution >= 0.6 is 0 Å². The van der Waals surface area contributed by atoms with Gasteiger partial charge in [0.2, 0.25) is 5.91 Å². The highest BCUT2D eigenvalue weighted by Gasteiger charge is 2.23. The summed E-state index contributed by atoms with van der Waals surface area (Å²) in [6.07, 6.45) is 3.49. The van der Waals surface area contributed by atoms with E-state index in [4.69, 9.17) is 0 Å². The number of hydrogen-bond donors (Lipinski definition) is 1. The molecule has 2 heterocycles. The molecule has 0 aliphatic heterocycles. The third kappa shape index (κ3) is 4.53. The summed E-state index contributed by atoms with van der Waals surface area (Å²) in [6, 6.07) is 11.1. The van der Waals surface area contributed by atoms with Gasteiger partial charge in [-0.3, -0.25) is 19.4 Å². The largest absolute Gasteiger partial charge is 0.348 e. The van der Waals surface area contributed by atoms with Crippen molar-refractivity contribution in [2.24, 2.45) is 0 Å². The molecule has 1 atom stereocenters. The minimum atomic E-state index is -1.14. The van der Waals surface area contributed by atoms with Crippen LogP contribution in [-0.2, 0) is 16.1 Å². The number of amides is 1. The Balaban J connectivity index is 1.89. The monoisotopic (exact) mass is 396 g/mol. The number of nitrogens with zero attached hydrogens (tertiary/aromatic N) is 3. The molecule has 0 aliphatic carbocycles. The van der Waals surface area contributed by atoms with Crippen LogP contribution in [-0.4, -0.2) is 39.7 Å². The molecule has 0 spiro atoms. The zero-order valence-corrected chi connectivity index (χ0v) is 16.0. The quantitative estimate of drug-likeness (QED) is 0.628. The van der Waals surface area contributed by atoms with Crippen LogP contribution in [0.15, 0.2) is 53.6 Å². The lowest BCUT2D eigenvalue weighted by Crippen LogP contribution is -2.37. The van der Waals surface area contributed by atoms with E-state index >= 15 is 0 Å². The van der Waals surface area contributed by atoms with E-state index in [2.05, 4.69) is 15.4 Å². The van der Waals surface area contributed by atoms with Gasteiger partial charge in [0.15, 0.2) is 5.78 Å². The lowest BCUT2D eigenvalue weighted by atomic mass is 9.97. The van der Waals surface area contributed by atoms with E-state index in [1.54, 1.807) is 13.1 Å². The molecular formula is C21H21FN4O3. The van der Waals surface area contributed by atoms with Gasteiger partial charge in [-0.2, -0.15) is 5.10 Å². The van der Waals surface area contributed by atoms with Gasteiger partial charge < -0.3 is 5.32 Å². The van der Waals surface area contributed by atoms with Gasteiger partial charge in [0.1, 0.15) is 6.67 Å². The van der Waals surface area contributed by atoms with Crippen LogP contribution < -0.4 is 10.9 Å². The molecular weight excluding hydrogens is 375 g/mol. The Bertz CT molecular complexity index is 1090. The Hall–Kier alpha value is -3.42. The van der Waals surface area contributed by atoms with Gasteiger partial charge in [-0.05, 0) is 23.9 Å². The molecule has 1 unspecified atom stereocenters. The number of carbonyl (C=O) groups excluding carboxylic acids is 2. The topological polar surface area (TPSA) is 93.9 Å². The Morgan fingerprint density at radius 1 is 1.17 bits per heavy atom. The number of rotatable bonds is 8. The second-order valence-electron chi connectivity index (χ2n) is 6.58. The molecule has 3 rings (SSSR count). The Morgan fingerprint density at radius 2 is 1.97 bits per heavy atom. The molecule has 1 N–H and O–H groups in total. The number of fused-ring (bicyclic) bond motifs is 1. The summed E-state index contributed by atoms with van der Waals surface area (Å²) in [5.41, 5.74) is 0.565. The number of nitrogens with one attached hydrogen (secondary N) is 1. The van der Waals surface area contributed by atoms with Gasteiger partial charge in [0.05, 0.1) is 24.7 Å². The molecule has 2 aromatic heterocycles. The first-order valence-corrected chi connectivity index (χ1v) is 9.29. The predicted octanol–water partition coefficient (Wildman–Crippen LogP) is 1.99. The number of alkyl halides is 1. The smallest absolute Gasteiger partial charge is 0.271 e. The second-order valence-corrected chi connectivity index (χ2v) is 6.58. The normalized spacial score (nSPS) is 11.9. The molecule has 29 heavy (non-hydrogen) atoms. The van der Waals surface area contributed by atoms with Gasteiger partial charge in [0.25, 0.3) is 5.56 Å². The highest BCUT2D eigenvalue weighted by Crippen LogP contribution is 2.18. The molecule has 0 radical (unpaired) electrons. The molecule has 7 nitrogen and oxygen atoms in total. The number of halogens is 1. The lowest BCUT2D eigenvalue weighted by Gasteiger charge is -2.15. The third-order valence-electron chi connectivity index (χ3n) is 4.71. The summed E-state index contributed by atoms with van der Waals surface area (Å²) in [6.45, 7) is 0.381. The van der Waals surface area contributed by atoms with E-state index in [1.807, 2.05) is 30.3 Å². The predicted molar refractivity (Wildman–Crippen MR) is 106 cm³/mol. The Labute approximate surface area is 166 Å². The van der Waals surface area contributed by atoms with Crippen molar-refractivity contribution in [3.63, 3.8) is 0 Å². The highest BCUT2D eigenvalue weighted by molar-refractivity contribution is 5.89. The molecule has 0 saturated heterocycles. The van der Waals surface area contributed by atoms with Crippen molar-refractivity contribution in [3.05, 3.63) is 70.4 Å². The average Bonchev–Trinajstić information content (AvgIpc) is 2.75. The molecule has 0 aliphatic rings. The third-order valence-corrected chi connectivity index (χ3v) is 4.71. The molecule has 3 aromatic rings. The van der Waals surface area contributed by atoms with Crippen molar-refractivity contribution < 1.29 is 14.0 Å². The lowest BCUT2D eigenvalue weighted by molar-refractivity contribution is -0.126. The van der Waals surface area contributed by atoms with Crippen LogP contribution in [0.5, 0.6) is 0 Å². The minimum Gasteiger partial charge on any atom is -0.348 e. The molecule has 0 fully saturated rings. The van der Waals surface area contributed by atoms with Gasteiger partial charge >= 0.3 is 0 Å². The molecule has 1 amide bonds. The number of pyridine rings is 1. The first-order chi connectivity index (χ1) is 14.0. The summed E-state index contributed by atoms with van der Waals surface area (Å²) in [5.74, 6) is -1.97. The zero-order chi connectivity index (χ0) is 20.8. The van der Waals surface area contributed by atoms with Gasteiger partial charge in [-0.25, -0.2) is 9.07 Å². The van der Waals surface area contributed by atoms with Crippen molar-refractivity contribution in [2.45, 2.75) is 25.8 Å². The summed E-state index contributed by atoms with van der Waals surface area (Å²) >= 11 is 0. The van der Waals surface area contributed by atoms with E-state index in [0.717, 1.165) is 10.8 Å². The number of aromatic nitrogens is 3. The van der Waals surface area contributed by atoms with Crippen molar-refractivity contribution in [3.8, 4) is 0 Å². The van der Waals surface area contributed by atoms with Crippen LogP contribution in [0.4, 0.5) is 4.39 Å². The van der Waals surface area contributed by atoms with Gasteiger partial charge in [-0.15, -0.1) is 0 Å². The Kier molecular flexibility index (Phi) is 6.43. The molecule has 0 saturated carbocycles. The first kappa shape index (κ1) is 20.3. The number of hydrogen-bond acceptors (Lipinski definition) is 5. The fraction of sp³-hybridized carbons (Fsp3) is 0.286. The van der Waals surface area contributed by atoms with E-state index in [9.17, 15) is 18.8 Å². The standard InChI is InChI=1S/C21H21FN4O3/c1-2-16(20(28)24-12-15(27)11-22)18-8-10-25-26(21(18)29)13-19-17-6-4-3-5-14(17)7-9-23-19/h3-10,16H,2,11-13H2,1H3,(H,24,28). The fourth-order valence-corrected chi connectivity index (χ4v) is 3.20. The summed E-state index contributed by atoms with van der Waals surface area (Å²) in [5, 5.41) is 8.45. The van der Waals surface area contributed by atoms with Crippen LogP contribution in [0.2, 0.25) is 0 Å². The summed E-state index contributed by atoms with van der Waals surface area (Å²) in [7, 11) is 0. The van der Waals surface area contributed by atoms with Gasteiger partial charge in [0, 0.05) is 23.3 Å². The van der Waals surface area contributed by atoms with Crippen molar-refractivity contribution in [2.75, 3.05) is 13.2 Å². The van der Waals surface area contributed by atoms with Crippen molar-refractivity contribution in [1.29, 1.82) is 0 Å². The van der Waals surface area contributed by atoms with Gasteiger partial charge in [-0.1, -0.05) is 31.2 Å².